The Morgan fingerprint density at radius 1 is 1.38 bits per heavy atom. The van der Waals surface area contributed by atoms with Gasteiger partial charge < -0.3 is 5.11 Å². The quantitative estimate of drug-likeness (QED) is 0.657. The molecule has 0 saturated carbocycles. The van der Waals surface area contributed by atoms with Gasteiger partial charge in [-0.25, -0.2) is 0 Å². The van der Waals surface area contributed by atoms with Gasteiger partial charge in [0.1, 0.15) is 0 Å². The van der Waals surface area contributed by atoms with Crippen LogP contribution in [-0.2, 0) is 25.1 Å². The van der Waals surface area contributed by atoms with Gasteiger partial charge in [-0.3, -0.25) is 0 Å². The Morgan fingerprint density at radius 3 is 2.38 bits per heavy atom. The molecule has 1 radical (unpaired) electrons. The molecule has 1 aromatic rings. The number of hydrogen-bond donors (Lipinski definition) is 1. The molecule has 0 fully saturated rings. The van der Waals surface area contributed by atoms with Crippen LogP contribution >= 0.6 is 0 Å². The summed E-state index contributed by atoms with van der Waals surface area (Å²) in [6, 6.07) is 9.63. The van der Waals surface area contributed by atoms with Gasteiger partial charge in [0, 0.05) is 19.5 Å². The summed E-state index contributed by atoms with van der Waals surface area (Å²) >= 11 is 0. The van der Waals surface area contributed by atoms with E-state index in [1.165, 1.54) is 0 Å². The maximum absolute atomic E-state index is 9.91. The molecule has 0 aliphatic carbocycles. The topological polar surface area (TPSA) is 20.2 Å². The van der Waals surface area contributed by atoms with Crippen molar-refractivity contribution in [3.63, 3.8) is 0 Å². The van der Waals surface area contributed by atoms with E-state index in [4.69, 9.17) is 0 Å². The molecule has 0 unspecified atom stereocenters. The van der Waals surface area contributed by atoms with E-state index in [1.54, 1.807) is 13.0 Å². The third-order valence-electron chi connectivity index (χ3n) is 1.94. The Bertz CT molecular complexity index is 254. The molecular weight excluding hydrogens is 251 g/mol. The smallest absolute Gasteiger partial charge is 0.0902 e. The van der Waals surface area contributed by atoms with Crippen molar-refractivity contribution in [3.05, 3.63) is 48.6 Å². The molecule has 13 heavy (non-hydrogen) atoms. The third-order valence-corrected chi connectivity index (χ3v) is 1.94. The number of rotatable bonds is 3. The molecule has 2 heteroatoms. The number of hydrogen-bond acceptors (Lipinski definition) is 1. The van der Waals surface area contributed by atoms with Crippen molar-refractivity contribution in [1.29, 1.82) is 0 Å². The average molecular weight is 265 g/mol. The second-order valence-electron chi connectivity index (χ2n) is 3.13. The molecular formula is C11H14ORh. The molecule has 0 aliphatic rings. The zero-order valence-corrected chi connectivity index (χ0v) is 9.30. The second-order valence-corrected chi connectivity index (χ2v) is 3.13. The van der Waals surface area contributed by atoms with Gasteiger partial charge in [-0.2, -0.15) is 0 Å². The second kappa shape index (κ2) is 5.31. The first-order valence-corrected chi connectivity index (χ1v) is 4.05. The Kier molecular flexibility index (Phi) is 5.12. The zero-order valence-electron chi connectivity index (χ0n) is 7.66. The predicted octanol–water partition coefficient (Wildman–Crippen LogP) is 2.47. The van der Waals surface area contributed by atoms with Gasteiger partial charge in [-0.1, -0.05) is 36.4 Å². The van der Waals surface area contributed by atoms with E-state index in [9.17, 15) is 5.11 Å². The van der Waals surface area contributed by atoms with E-state index in [0.29, 0.717) is 6.42 Å². The molecule has 73 valence electrons. The van der Waals surface area contributed by atoms with Crippen LogP contribution in [0.5, 0.6) is 0 Å². The van der Waals surface area contributed by atoms with Crippen LogP contribution in [-0.4, -0.2) is 5.11 Å². The maximum Gasteiger partial charge on any atom is 0.0902 e. The zero-order chi connectivity index (χ0) is 9.03. The van der Waals surface area contributed by atoms with Crippen LogP contribution < -0.4 is 0 Å². The van der Waals surface area contributed by atoms with Crippen molar-refractivity contribution in [2.75, 3.05) is 0 Å². The largest absolute Gasteiger partial charge is 0.385 e. The maximum atomic E-state index is 9.91. The van der Waals surface area contributed by atoms with Gasteiger partial charge in [-0.05, 0) is 18.9 Å². The normalized spacial score (nSPS) is 14.0. The van der Waals surface area contributed by atoms with E-state index in [1.807, 2.05) is 30.3 Å². The van der Waals surface area contributed by atoms with Gasteiger partial charge in [-0.15, -0.1) is 6.58 Å². The minimum atomic E-state index is -0.775. The van der Waals surface area contributed by atoms with E-state index >= 15 is 0 Å². The standard InChI is InChI=1S/C11H14O.Rh/c1-3-9-11(2,12)10-7-5-4-6-8-10;/h3-8,12H,1,9H2,2H3;/t11-;/m0./s1. The van der Waals surface area contributed by atoms with Crippen LogP contribution in [0.1, 0.15) is 18.9 Å². The van der Waals surface area contributed by atoms with E-state index in [-0.39, 0.29) is 19.5 Å². The van der Waals surface area contributed by atoms with Crippen molar-refractivity contribution < 1.29 is 24.6 Å². The molecule has 1 atom stereocenters. The first kappa shape index (κ1) is 12.5. The third kappa shape index (κ3) is 3.42. The van der Waals surface area contributed by atoms with Crippen LogP contribution in [0.3, 0.4) is 0 Å². The van der Waals surface area contributed by atoms with Crippen molar-refractivity contribution >= 4 is 0 Å². The molecule has 1 rings (SSSR count). The fraction of sp³-hybridized carbons (Fsp3) is 0.273. The van der Waals surface area contributed by atoms with Crippen LogP contribution in [0, 0.1) is 0 Å². The summed E-state index contributed by atoms with van der Waals surface area (Å²) in [4.78, 5) is 0. The Labute approximate surface area is 92.2 Å². The summed E-state index contributed by atoms with van der Waals surface area (Å²) in [7, 11) is 0. The summed E-state index contributed by atoms with van der Waals surface area (Å²) in [5, 5.41) is 9.91. The summed E-state index contributed by atoms with van der Waals surface area (Å²) in [6.45, 7) is 5.41. The minimum Gasteiger partial charge on any atom is -0.385 e. The fourth-order valence-corrected chi connectivity index (χ4v) is 1.20. The average Bonchev–Trinajstić information content (AvgIpc) is 2.06. The van der Waals surface area contributed by atoms with Gasteiger partial charge in [0.2, 0.25) is 0 Å². The Morgan fingerprint density at radius 2 is 1.92 bits per heavy atom. The molecule has 0 saturated heterocycles. The molecule has 0 amide bonds. The molecule has 0 aromatic heterocycles. The predicted molar refractivity (Wildman–Crippen MR) is 50.8 cm³/mol. The summed E-state index contributed by atoms with van der Waals surface area (Å²) in [5.41, 5.74) is 0.160. The van der Waals surface area contributed by atoms with E-state index in [0.717, 1.165) is 5.56 Å². The van der Waals surface area contributed by atoms with Gasteiger partial charge in [0.05, 0.1) is 5.60 Å². The van der Waals surface area contributed by atoms with Crippen LogP contribution in [0.4, 0.5) is 0 Å². The number of benzene rings is 1. The fourth-order valence-electron chi connectivity index (χ4n) is 1.20. The first-order valence-electron chi connectivity index (χ1n) is 4.05. The van der Waals surface area contributed by atoms with Crippen molar-refractivity contribution in [2.45, 2.75) is 18.9 Å². The van der Waals surface area contributed by atoms with Crippen molar-refractivity contribution in [1.82, 2.24) is 0 Å². The Hall–Kier alpha value is -0.457. The summed E-state index contributed by atoms with van der Waals surface area (Å²) < 4.78 is 0. The number of aliphatic hydroxyl groups is 1. The van der Waals surface area contributed by atoms with Crippen molar-refractivity contribution in [2.24, 2.45) is 0 Å². The van der Waals surface area contributed by atoms with E-state index in [2.05, 4.69) is 6.58 Å². The minimum absolute atomic E-state index is 0. The summed E-state index contributed by atoms with van der Waals surface area (Å²) in [5.74, 6) is 0. The molecule has 1 N–H and O–H groups in total. The molecule has 1 nitrogen and oxygen atoms in total. The van der Waals surface area contributed by atoms with Gasteiger partial charge >= 0.3 is 0 Å². The molecule has 0 heterocycles. The molecule has 0 bridgehead atoms. The van der Waals surface area contributed by atoms with Gasteiger partial charge in [0.25, 0.3) is 0 Å². The van der Waals surface area contributed by atoms with Gasteiger partial charge in [0.15, 0.2) is 0 Å². The monoisotopic (exact) mass is 265 g/mol. The molecule has 1 aromatic carbocycles. The van der Waals surface area contributed by atoms with E-state index < -0.39 is 5.60 Å². The SMILES string of the molecule is C=CC[C@](C)(O)c1ccccc1.[Rh]. The first-order chi connectivity index (χ1) is 5.67. The van der Waals surface area contributed by atoms with Crippen LogP contribution in [0.15, 0.2) is 43.0 Å². The molecule has 0 aliphatic heterocycles. The summed E-state index contributed by atoms with van der Waals surface area (Å²) in [6.07, 6.45) is 2.31. The van der Waals surface area contributed by atoms with Crippen molar-refractivity contribution in [3.8, 4) is 0 Å². The van der Waals surface area contributed by atoms with Crippen LogP contribution in [0.2, 0.25) is 0 Å². The molecule has 0 spiro atoms. The Balaban J connectivity index is 0.00000144. The van der Waals surface area contributed by atoms with Crippen LogP contribution in [0.25, 0.3) is 0 Å².